The molecule has 1 aliphatic rings. The fourth-order valence-corrected chi connectivity index (χ4v) is 3.55. The molecule has 9 heteroatoms. The highest BCUT2D eigenvalue weighted by Gasteiger charge is 2.29. The minimum Gasteiger partial charge on any atom is -0.484 e. The Balaban J connectivity index is 1.21. The number of aromatic nitrogens is 1. The van der Waals surface area contributed by atoms with Crippen molar-refractivity contribution < 1.29 is 23.5 Å². The van der Waals surface area contributed by atoms with Gasteiger partial charge < -0.3 is 14.5 Å². The molecule has 0 bridgehead atoms. The summed E-state index contributed by atoms with van der Waals surface area (Å²) < 4.78 is 10.9. The van der Waals surface area contributed by atoms with Gasteiger partial charge in [-0.15, -0.1) is 0 Å². The van der Waals surface area contributed by atoms with Gasteiger partial charge in [-0.05, 0) is 49.2 Å². The summed E-state index contributed by atoms with van der Waals surface area (Å²) in [7, 11) is 0. The fourth-order valence-electron chi connectivity index (χ4n) is 3.55. The Labute approximate surface area is 200 Å². The molecule has 176 valence electrons. The van der Waals surface area contributed by atoms with Gasteiger partial charge in [0.1, 0.15) is 11.4 Å². The van der Waals surface area contributed by atoms with Gasteiger partial charge in [0.05, 0.1) is 17.3 Å². The number of para-hydroxylation sites is 1. The first-order chi connectivity index (χ1) is 17.1. The predicted octanol–water partition coefficient (Wildman–Crippen LogP) is 3.68. The number of hydrogen-bond acceptors (Lipinski definition) is 6. The summed E-state index contributed by atoms with van der Waals surface area (Å²) in [5.74, 6) is -0.0332. The van der Waals surface area contributed by atoms with E-state index in [0.29, 0.717) is 39.4 Å². The second-order valence-corrected chi connectivity index (χ2v) is 8.13. The molecule has 35 heavy (non-hydrogen) atoms. The summed E-state index contributed by atoms with van der Waals surface area (Å²) in [6, 6.07) is 19.1. The zero-order chi connectivity index (χ0) is 24.2. The topological polar surface area (TPSA) is 123 Å². The molecule has 0 spiro atoms. The van der Waals surface area contributed by atoms with Crippen molar-refractivity contribution in [2.24, 2.45) is 5.92 Å². The van der Waals surface area contributed by atoms with E-state index in [2.05, 4.69) is 21.2 Å². The summed E-state index contributed by atoms with van der Waals surface area (Å²) >= 11 is 0. The lowest BCUT2D eigenvalue weighted by molar-refractivity contribution is -0.123. The van der Waals surface area contributed by atoms with E-state index in [-0.39, 0.29) is 18.4 Å². The molecule has 3 amide bonds. The fraction of sp³-hybridized carbons (Fsp3) is 0.154. The van der Waals surface area contributed by atoms with Crippen LogP contribution in [0.25, 0.3) is 22.4 Å². The van der Waals surface area contributed by atoms with E-state index in [4.69, 9.17) is 9.15 Å². The maximum Gasteiger partial charge on any atom is 0.276 e. The molecule has 0 saturated heterocycles. The number of benzene rings is 2. The molecule has 2 heterocycles. The first kappa shape index (κ1) is 22.1. The van der Waals surface area contributed by atoms with E-state index in [1.165, 1.54) is 6.26 Å². The number of hydrogen-bond donors (Lipinski definition) is 3. The van der Waals surface area contributed by atoms with Crippen LogP contribution in [0, 0.1) is 5.92 Å². The number of ether oxygens (including phenoxy) is 1. The van der Waals surface area contributed by atoms with Crippen molar-refractivity contribution in [1.29, 1.82) is 0 Å². The van der Waals surface area contributed by atoms with Crippen molar-refractivity contribution in [1.82, 2.24) is 15.8 Å². The molecular formula is C26H22N4O5. The first-order valence-electron chi connectivity index (χ1n) is 11.1. The SMILES string of the molecule is O=C(COc1cccc(NC(=O)C2CC2)c1)NNC(=O)c1cc(-c2ccco2)nc2ccccc12. The first-order valence-corrected chi connectivity index (χ1v) is 11.1. The summed E-state index contributed by atoms with van der Waals surface area (Å²) in [5.41, 5.74) is 6.85. The van der Waals surface area contributed by atoms with Gasteiger partial charge in [-0.25, -0.2) is 4.98 Å². The Kier molecular flexibility index (Phi) is 6.13. The Morgan fingerprint density at radius 1 is 0.971 bits per heavy atom. The lowest BCUT2D eigenvalue weighted by Gasteiger charge is -2.12. The summed E-state index contributed by atoms with van der Waals surface area (Å²) in [6.45, 7) is -0.324. The number of pyridine rings is 1. The summed E-state index contributed by atoms with van der Waals surface area (Å²) in [6.07, 6.45) is 3.35. The standard InChI is InChI=1S/C26H22N4O5/c31-24(15-35-18-6-3-5-17(13-18)27-25(32)16-10-11-16)29-30-26(33)20-14-22(23-9-4-12-34-23)28-21-8-2-1-7-19(20)21/h1-9,12-14,16H,10-11,15H2,(H,27,32)(H,29,31)(H,30,33). The highest BCUT2D eigenvalue weighted by atomic mass is 16.5. The van der Waals surface area contributed by atoms with Crippen LogP contribution in [0.15, 0.2) is 77.4 Å². The highest BCUT2D eigenvalue weighted by Crippen LogP contribution is 2.30. The monoisotopic (exact) mass is 470 g/mol. The van der Waals surface area contributed by atoms with Crippen molar-refractivity contribution in [3.63, 3.8) is 0 Å². The van der Waals surface area contributed by atoms with Crippen LogP contribution in [0.2, 0.25) is 0 Å². The quantitative estimate of drug-likeness (QED) is 0.354. The van der Waals surface area contributed by atoms with Gasteiger partial charge >= 0.3 is 0 Å². The van der Waals surface area contributed by atoms with Crippen LogP contribution in [-0.4, -0.2) is 29.3 Å². The average molecular weight is 470 g/mol. The van der Waals surface area contributed by atoms with Gasteiger partial charge in [-0.1, -0.05) is 24.3 Å². The van der Waals surface area contributed by atoms with E-state index < -0.39 is 11.8 Å². The van der Waals surface area contributed by atoms with Crippen LogP contribution < -0.4 is 20.9 Å². The van der Waals surface area contributed by atoms with Crippen molar-refractivity contribution in [3.05, 3.63) is 78.6 Å². The van der Waals surface area contributed by atoms with Crippen LogP contribution in [0.1, 0.15) is 23.2 Å². The Bertz CT molecular complexity index is 1400. The number of hydrazine groups is 1. The van der Waals surface area contributed by atoms with E-state index >= 15 is 0 Å². The van der Waals surface area contributed by atoms with Crippen LogP contribution in [0.4, 0.5) is 5.69 Å². The lowest BCUT2D eigenvalue weighted by atomic mass is 10.1. The molecule has 4 aromatic rings. The molecule has 2 aromatic heterocycles. The number of anilines is 1. The molecule has 0 unspecified atom stereocenters. The zero-order valence-electron chi connectivity index (χ0n) is 18.6. The van der Waals surface area contributed by atoms with Crippen LogP contribution in [0.5, 0.6) is 5.75 Å². The molecular weight excluding hydrogens is 448 g/mol. The third-order valence-electron chi connectivity index (χ3n) is 5.47. The number of amides is 3. The Morgan fingerprint density at radius 2 is 1.83 bits per heavy atom. The van der Waals surface area contributed by atoms with Gasteiger partial charge in [-0.2, -0.15) is 0 Å². The number of rotatable bonds is 7. The number of nitrogens with one attached hydrogen (secondary N) is 3. The second kappa shape index (κ2) is 9.68. The maximum atomic E-state index is 12.9. The van der Waals surface area contributed by atoms with Gasteiger partial charge in [-0.3, -0.25) is 25.2 Å². The van der Waals surface area contributed by atoms with Crippen LogP contribution >= 0.6 is 0 Å². The molecule has 1 saturated carbocycles. The molecule has 1 fully saturated rings. The molecule has 3 N–H and O–H groups in total. The summed E-state index contributed by atoms with van der Waals surface area (Å²) in [5, 5.41) is 3.47. The number of furan rings is 1. The number of nitrogens with zero attached hydrogens (tertiary/aromatic N) is 1. The van der Waals surface area contributed by atoms with Gasteiger partial charge in [0.2, 0.25) is 5.91 Å². The molecule has 9 nitrogen and oxygen atoms in total. The molecule has 1 aliphatic carbocycles. The normalized spacial score (nSPS) is 12.7. The van der Waals surface area contributed by atoms with Gasteiger partial charge in [0.25, 0.3) is 11.8 Å². The van der Waals surface area contributed by atoms with Crippen molar-refractivity contribution in [2.45, 2.75) is 12.8 Å². The van der Waals surface area contributed by atoms with Crippen molar-refractivity contribution >= 4 is 34.3 Å². The maximum absolute atomic E-state index is 12.9. The smallest absolute Gasteiger partial charge is 0.276 e. The third-order valence-corrected chi connectivity index (χ3v) is 5.47. The van der Waals surface area contributed by atoms with Crippen molar-refractivity contribution in [2.75, 3.05) is 11.9 Å². The number of carbonyl (C=O) groups is 3. The van der Waals surface area contributed by atoms with Crippen LogP contribution in [0.3, 0.4) is 0 Å². The molecule has 0 atom stereocenters. The van der Waals surface area contributed by atoms with Gasteiger partial charge in [0.15, 0.2) is 12.4 Å². The lowest BCUT2D eigenvalue weighted by Crippen LogP contribution is -2.43. The largest absolute Gasteiger partial charge is 0.484 e. The molecule has 5 rings (SSSR count). The zero-order valence-corrected chi connectivity index (χ0v) is 18.6. The molecule has 0 aliphatic heterocycles. The third kappa shape index (κ3) is 5.30. The predicted molar refractivity (Wildman–Crippen MR) is 128 cm³/mol. The minimum absolute atomic E-state index is 0.0125. The average Bonchev–Trinajstić information content (AvgIpc) is 3.59. The Morgan fingerprint density at radius 3 is 2.63 bits per heavy atom. The number of carbonyl (C=O) groups excluding carboxylic acids is 3. The minimum atomic E-state index is -0.546. The van der Waals surface area contributed by atoms with E-state index in [9.17, 15) is 14.4 Å². The van der Waals surface area contributed by atoms with Gasteiger partial charge in [0, 0.05) is 23.1 Å². The van der Waals surface area contributed by atoms with E-state index in [1.54, 1.807) is 60.7 Å². The second-order valence-electron chi connectivity index (χ2n) is 8.13. The Hall–Kier alpha value is -4.66. The molecule has 2 aromatic carbocycles. The highest BCUT2D eigenvalue weighted by molar-refractivity contribution is 6.07. The van der Waals surface area contributed by atoms with E-state index in [0.717, 1.165) is 12.8 Å². The van der Waals surface area contributed by atoms with Crippen LogP contribution in [-0.2, 0) is 9.59 Å². The molecule has 0 radical (unpaired) electrons. The number of fused-ring (bicyclic) bond motifs is 1. The van der Waals surface area contributed by atoms with Crippen molar-refractivity contribution in [3.8, 4) is 17.2 Å². The van der Waals surface area contributed by atoms with E-state index in [1.807, 2.05) is 6.07 Å². The summed E-state index contributed by atoms with van der Waals surface area (Å²) in [4.78, 5) is 41.7.